The zero-order chi connectivity index (χ0) is 9.11. The van der Waals surface area contributed by atoms with Gasteiger partial charge >= 0.3 is 0 Å². The van der Waals surface area contributed by atoms with Crippen LogP contribution in [0.1, 0.15) is 33.6 Å². The number of hydrogen-bond acceptors (Lipinski definition) is 1. The summed E-state index contributed by atoms with van der Waals surface area (Å²) in [5.74, 6) is 0. The lowest BCUT2D eigenvalue weighted by molar-refractivity contribution is 0.402. The smallest absolute Gasteiger partial charge is 0.00219 e. The van der Waals surface area contributed by atoms with Gasteiger partial charge in [0, 0.05) is 0 Å². The van der Waals surface area contributed by atoms with Crippen molar-refractivity contribution in [2.45, 2.75) is 33.6 Å². The van der Waals surface area contributed by atoms with Gasteiger partial charge < -0.3 is 4.90 Å². The van der Waals surface area contributed by atoms with Gasteiger partial charge in [-0.2, -0.15) is 0 Å². The first-order valence-electron chi connectivity index (χ1n) is 4.53. The third kappa shape index (κ3) is 17.7. The summed E-state index contributed by atoms with van der Waals surface area (Å²) in [4.78, 5) is 2.21. The molecule has 1 heteroatoms. The molecule has 0 aliphatic heterocycles. The van der Waals surface area contributed by atoms with E-state index in [1.54, 1.807) is 0 Å². The number of unbranched alkanes of at least 4 members (excludes halogenated alkanes) is 1. The van der Waals surface area contributed by atoms with Crippen molar-refractivity contribution in [1.29, 1.82) is 0 Å². The number of hydrogen-bond donors (Lipinski definition) is 0. The van der Waals surface area contributed by atoms with Crippen molar-refractivity contribution in [3.63, 3.8) is 0 Å². The molecule has 0 amide bonds. The Hall–Kier alpha value is -0.300. The Morgan fingerprint density at radius 1 is 1.18 bits per heavy atom. The molecule has 0 saturated heterocycles. The van der Waals surface area contributed by atoms with Gasteiger partial charge in [-0.25, -0.2) is 0 Å². The molecule has 0 aliphatic carbocycles. The van der Waals surface area contributed by atoms with Gasteiger partial charge in [-0.1, -0.05) is 26.0 Å². The molecule has 0 fully saturated rings. The van der Waals surface area contributed by atoms with Crippen molar-refractivity contribution in [3.05, 3.63) is 12.2 Å². The molecule has 0 spiro atoms. The molecule has 0 aromatic heterocycles. The van der Waals surface area contributed by atoms with Gasteiger partial charge in [0.2, 0.25) is 0 Å². The Morgan fingerprint density at radius 3 is 2.09 bits per heavy atom. The third-order valence-electron chi connectivity index (χ3n) is 1.21. The molecule has 0 unspecified atom stereocenters. The first-order valence-corrected chi connectivity index (χ1v) is 4.53. The van der Waals surface area contributed by atoms with Crippen LogP contribution in [0.5, 0.6) is 0 Å². The second-order valence-electron chi connectivity index (χ2n) is 2.51. The average molecular weight is 157 g/mol. The average Bonchev–Trinajstić information content (AvgIpc) is 2.02. The monoisotopic (exact) mass is 157 g/mol. The molecule has 0 N–H and O–H groups in total. The maximum atomic E-state index is 2.21. The summed E-state index contributed by atoms with van der Waals surface area (Å²) in [5.41, 5.74) is 0. The van der Waals surface area contributed by atoms with Crippen LogP contribution in [-0.2, 0) is 0 Å². The fraction of sp³-hybridized carbons (Fsp3) is 0.800. The van der Waals surface area contributed by atoms with Crippen LogP contribution in [0.4, 0.5) is 0 Å². The Bertz CT molecular complexity index is 74.9. The molecule has 11 heavy (non-hydrogen) atoms. The van der Waals surface area contributed by atoms with Gasteiger partial charge in [-0.15, -0.1) is 0 Å². The largest absolute Gasteiger partial charge is 0.309 e. The molecule has 0 rings (SSSR count). The van der Waals surface area contributed by atoms with E-state index in [2.05, 4.69) is 38.1 Å². The molecule has 0 bridgehead atoms. The minimum Gasteiger partial charge on any atom is -0.309 e. The van der Waals surface area contributed by atoms with Gasteiger partial charge in [-0.3, -0.25) is 0 Å². The van der Waals surface area contributed by atoms with Gasteiger partial charge in [0.1, 0.15) is 0 Å². The van der Waals surface area contributed by atoms with E-state index in [0.29, 0.717) is 0 Å². The van der Waals surface area contributed by atoms with Gasteiger partial charge in [-0.05, 0) is 40.4 Å². The number of rotatable bonds is 4. The third-order valence-corrected chi connectivity index (χ3v) is 1.21. The lowest BCUT2D eigenvalue weighted by Crippen LogP contribution is -2.12. The predicted octanol–water partition coefficient (Wildman–Crippen LogP) is 2.93. The minimum absolute atomic E-state index is 1.20. The lowest BCUT2D eigenvalue weighted by Gasteiger charge is -2.06. The minimum atomic E-state index is 1.20. The standard InChI is InChI=1S/C8H17N.C2H6/c1-4-5-6-7-8-9(2)3;1-2/h4-5H,6-8H2,1-3H3;1-2H3. The van der Waals surface area contributed by atoms with E-state index in [0.717, 1.165) is 0 Å². The van der Waals surface area contributed by atoms with E-state index in [9.17, 15) is 0 Å². The zero-order valence-electron chi connectivity index (χ0n) is 8.72. The van der Waals surface area contributed by atoms with Crippen molar-refractivity contribution < 1.29 is 0 Å². The highest BCUT2D eigenvalue weighted by Crippen LogP contribution is 1.91. The van der Waals surface area contributed by atoms with Crippen molar-refractivity contribution in [1.82, 2.24) is 4.90 Å². The first kappa shape index (κ1) is 13.3. The van der Waals surface area contributed by atoms with Crippen LogP contribution in [0.15, 0.2) is 12.2 Å². The van der Waals surface area contributed by atoms with E-state index in [-0.39, 0.29) is 0 Å². The maximum absolute atomic E-state index is 2.21. The van der Waals surface area contributed by atoms with Crippen LogP contribution in [-0.4, -0.2) is 25.5 Å². The van der Waals surface area contributed by atoms with Crippen LogP contribution >= 0.6 is 0 Å². The maximum Gasteiger partial charge on any atom is -0.00219 e. The molecule has 68 valence electrons. The topological polar surface area (TPSA) is 3.24 Å². The summed E-state index contributed by atoms with van der Waals surface area (Å²) in [7, 11) is 4.21. The van der Waals surface area contributed by atoms with Crippen LogP contribution in [0, 0.1) is 0 Å². The van der Waals surface area contributed by atoms with E-state index >= 15 is 0 Å². The molecule has 0 atom stereocenters. The van der Waals surface area contributed by atoms with E-state index in [4.69, 9.17) is 0 Å². The van der Waals surface area contributed by atoms with Crippen LogP contribution in [0.3, 0.4) is 0 Å². The quantitative estimate of drug-likeness (QED) is 0.448. The molecule has 1 nitrogen and oxygen atoms in total. The number of allylic oxidation sites excluding steroid dienone is 2. The Labute approximate surface area is 72.1 Å². The highest BCUT2D eigenvalue weighted by molar-refractivity contribution is 4.76. The Morgan fingerprint density at radius 2 is 1.73 bits per heavy atom. The molecule has 0 radical (unpaired) electrons. The van der Waals surface area contributed by atoms with Crippen molar-refractivity contribution >= 4 is 0 Å². The zero-order valence-corrected chi connectivity index (χ0v) is 8.72. The fourth-order valence-corrected chi connectivity index (χ4v) is 0.692. The SMILES string of the molecule is CC.CC=CCCCN(C)C. The van der Waals surface area contributed by atoms with Crippen LogP contribution < -0.4 is 0 Å². The van der Waals surface area contributed by atoms with Crippen molar-refractivity contribution in [2.75, 3.05) is 20.6 Å². The van der Waals surface area contributed by atoms with E-state index < -0.39 is 0 Å². The predicted molar refractivity (Wildman–Crippen MR) is 54.0 cm³/mol. The molecule has 0 aliphatic rings. The fourth-order valence-electron chi connectivity index (χ4n) is 0.692. The van der Waals surface area contributed by atoms with E-state index in [1.807, 2.05) is 13.8 Å². The van der Waals surface area contributed by atoms with Gasteiger partial charge in [0.05, 0.1) is 0 Å². The molecular weight excluding hydrogens is 134 g/mol. The normalized spacial score (nSPS) is 10.0. The molecule has 0 aromatic carbocycles. The van der Waals surface area contributed by atoms with Gasteiger partial charge in [0.25, 0.3) is 0 Å². The summed E-state index contributed by atoms with van der Waals surface area (Å²) in [5, 5.41) is 0. The summed E-state index contributed by atoms with van der Waals surface area (Å²) in [6, 6.07) is 0. The highest BCUT2D eigenvalue weighted by atomic mass is 15.0. The highest BCUT2D eigenvalue weighted by Gasteiger charge is 1.85. The summed E-state index contributed by atoms with van der Waals surface area (Å²) in [6.45, 7) is 7.26. The summed E-state index contributed by atoms with van der Waals surface area (Å²) < 4.78 is 0. The second kappa shape index (κ2) is 12.4. The van der Waals surface area contributed by atoms with Crippen molar-refractivity contribution in [3.8, 4) is 0 Å². The van der Waals surface area contributed by atoms with Gasteiger partial charge in [0.15, 0.2) is 0 Å². The van der Waals surface area contributed by atoms with E-state index in [1.165, 1.54) is 19.4 Å². The molecule has 0 saturated carbocycles. The Kier molecular flexibility index (Phi) is 15.0. The summed E-state index contributed by atoms with van der Waals surface area (Å²) in [6.07, 6.45) is 6.81. The van der Waals surface area contributed by atoms with Crippen LogP contribution in [0.25, 0.3) is 0 Å². The van der Waals surface area contributed by atoms with Crippen molar-refractivity contribution in [2.24, 2.45) is 0 Å². The molecule has 0 heterocycles. The number of nitrogens with zero attached hydrogens (tertiary/aromatic N) is 1. The molecular formula is C10H23N. The second-order valence-corrected chi connectivity index (χ2v) is 2.51. The first-order chi connectivity index (χ1) is 5.27. The Balaban J connectivity index is 0. The van der Waals surface area contributed by atoms with Crippen LogP contribution in [0.2, 0.25) is 0 Å². The molecule has 0 aromatic rings. The summed E-state index contributed by atoms with van der Waals surface area (Å²) >= 11 is 0. The lowest BCUT2D eigenvalue weighted by atomic mass is 10.3.